The van der Waals surface area contributed by atoms with E-state index in [9.17, 15) is 24.0 Å². The van der Waals surface area contributed by atoms with Crippen molar-refractivity contribution >= 4 is 69.0 Å². The minimum Gasteiger partial charge on any atom is -0.399 e. The average molecular weight is 920 g/mol. The number of benzene rings is 2. The quantitative estimate of drug-likeness (QED) is 0.0955. The topological polar surface area (TPSA) is 218 Å². The third-order valence-corrected chi connectivity index (χ3v) is 14.5. The Morgan fingerprint density at radius 1 is 0.897 bits per heavy atom. The molecule has 0 aliphatic carbocycles. The summed E-state index contributed by atoms with van der Waals surface area (Å²) in [5.41, 5.74) is 12.9. The highest BCUT2D eigenvalue weighted by Crippen LogP contribution is 2.42. The van der Waals surface area contributed by atoms with E-state index in [0.717, 1.165) is 61.1 Å². The number of nitrogens with zero attached hydrogens (tertiary/aromatic N) is 9. The summed E-state index contributed by atoms with van der Waals surface area (Å²) in [7, 11) is 1.78. The van der Waals surface area contributed by atoms with Crippen LogP contribution in [0.2, 0.25) is 0 Å². The van der Waals surface area contributed by atoms with Crippen LogP contribution in [0.4, 0.5) is 22.9 Å². The lowest BCUT2D eigenvalue weighted by molar-refractivity contribution is -0.134. The van der Waals surface area contributed by atoms with Gasteiger partial charge in [-0.3, -0.25) is 34.0 Å². The van der Waals surface area contributed by atoms with Crippen molar-refractivity contribution in [3.8, 4) is 0 Å². The van der Waals surface area contributed by atoms with Crippen LogP contribution in [0.1, 0.15) is 102 Å². The molecule has 0 radical (unpaired) electrons. The second kappa shape index (κ2) is 17.7. The monoisotopic (exact) mass is 919 g/mol. The number of rotatable bonds is 12. The van der Waals surface area contributed by atoms with Gasteiger partial charge in [0.1, 0.15) is 11.5 Å². The fourth-order valence-corrected chi connectivity index (χ4v) is 10.7. The first-order valence-corrected chi connectivity index (χ1v) is 23.6. The molecule has 68 heavy (non-hydrogen) atoms. The second-order valence-electron chi connectivity index (χ2n) is 19.5. The molecular weight excluding hydrogens is 863 g/mol. The third-order valence-electron chi connectivity index (χ3n) is 14.5. The van der Waals surface area contributed by atoms with Crippen molar-refractivity contribution in [2.24, 2.45) is 12.5 Å². The van der Waals surface area contributed by atoms with Crippen LogP contribution in [0.25, 0.3) is 16.6 Å². The van der Waals surface area contributed by atoms with E-state index in [2.05, 4.69) is 74.2 Å². The van der Waals surface area contributed by atoms with E-state index in [1.165, 1.54) is 5.56 Å². The van der Waals surface area contributed by atoms with Crippen molar-refractivity contribution in [2.45, 2.75) is 76.5 Å². The highest BCUT2D eigenvalue weighted by atomic mass is 16.2. The van der Waals surface area contributed by atoms with E-state index >= 15 is 0 Å². The molecule has 4 aromatic heterocycles. The SMILES string of the molecule is Cc1cc(N2CC[C@](C)(c3ccccc3)C2)cn2nc(C(=O)N3CC[C@@]4(CCN(c5cc(N)cc(C(=O)NCCCCC(=O)Nc6ccc7c(C8CCC(=O)NC8=O)nn(C)c7c6)n5)C4)C3)nc12. The van der Waals surface area contributed by atoms with E-state index in [-0.39, 0.29) is 64.7 Å². The molecule has 0 bridgehead atoms. The number of hydrogen-bond donors (Lipinski definition) is 4. The molecule has 1 unspecified atom stereocenters. The molecule has 352 valence electrons. The molecule has 4 aliphatic heterocycles. The zero-order chi connectivity index (χ0) is 47.3. The van der Waals surface area contributed by atoms with Crippen LogP contribution in [0.5, 0.6) is 0 Å². The van der Waals surface area contributed by atoms with Gasteiger partial charge in [-0.1, -0.05) is 37.3 Å². The molecule has 1 spiro atoms. The average Bonchev–Trinajstić information content (AvgIpc) is 4.18. The standard InChI is InChI=1S/C50H57N13O5/c1-31-23-35(60-20-16-49(2,28-60)32-9-5-4-6-10-32)27-63-45(31)56-44(58-63)48(68)62-22-18-50(30-62)17-21-61(29-50)40-25-33(51)24-38(54-40)47(67)52-19-8-7-11-41(64)53-34-12-13-36-39(26-34)59(3)57-43(36)37-14-15-42(65)55-46(37)66/h4-6,9-10,12-13,23-27,37H,7-8,11,14-22,28-30H2,1-3H3,(H2,51,54)(H,52,67)(H,53,64)(H,55,65,66)/t37?,49-,50+/m0/s1. The summed E-state index contributed by atoms with van der Waals surface area (Å²) in [5.74, 6) is -0.985. The first kappa shape index (κ1) is 44.5. The summed E-state index contributed by atoms with van der Waals surface area (Å²) in [5, 5.41) is 18.3. The van der Waals surface area contributed by atoms with Gasteiger partial charge in [-0.05, 0) is 86.9 Å². The number of nitrogens with two attached hydrogens (primary N) is 1. The predicted molar refractivity (Wildman–Crippen MR) is 257 cm³/mol. The molecule has 4 fully saturated rings. The number of amides is 5. The highest BCUT2D eigenvalue weighted by Gasteiger charge is 2.46. The largest absolute Gasteiger partial charge is 0.399 e. The Kier molecular flexibility index (Phi) is 11.6. The van der Waals surface area contributed by atoms with Gasteiger partial charge in [-0.2, -0.15) is 5.10 Å². The van der Waals surface area contributed by atoms with E-state index in [0.29, 0.717) is 74.0 Å². The maximum absolute atomic E-state index is 14.0. The first-order chi connectivity index (χ1) is 32.7. The lowest BCUT2D eigenvalue weighted by Gasteiger charge is -2.26. The maximum Gasteiger partial charge on any atom is 0.293 e. The van der Waals surface area contributed by atoms with Crippen molar-refractivity contribution in [3.63, 3.8) is 0 Å². The maximum atomic E-state index is 14.0. The van der Waals surface area contributed by atoms with Gasteiger partial charge >= 0.3 is 0 Å². The van der Waals surface area contributed by atoms with Crippen LogP contribution in [0, 0.1) is 12.3 Å². The molecule has 8 heterocycles. The smallest absolute Gasteiger partial charge is 0.293 e. The summed E-state index contributed by atoms with van der Waals surface area (Å²) in [6, 6.07) is 21.6. The van der Waals surface area contributed by atoms with Gasteiger partial charge < -0.3 is 31.1 Å². The number of piperidine rings is 1. The number of likely N-dealkylation sites (tertiary alicyclic amines) is 1. The molecule has 4 aliphatic rings. The molecule has 0 saturated carbocycles. The van der Waals surface area contributed by atoms with Crippen LogP contribution in [-0.4, -0.2) is 110 Å². The summed E-state index contributed by atoms with van der Waals surface area (Å²) < 4.78 is 3.43. The molecule has 18 heteroatoms. The summed E-state index contributed by atoms with van der Waals surface area (Å²) >= 11 is 0. The van der Waals surface area contributed by atoms with Crippen molar-refractivity contribution in [1.29, 1.82) is 0 Å². The van der Waals surface area contributed by atoms with Crippen molar-refractivity contribution in [3.05, 3.63) is 101 Å². The zero-order valence-corrected chi connectivity index (χ0v) is 38.8. The van der Waals surface area contributed by atoms with Crippen LogP contribution >= 0.6 is 0 Å². The van der Waals surface area contributed by atoms with Crippen LogP contribution < -0.4 is 31.5 Å². The number of aromatic nitrogens is 6. The van der Waals surface area contributed by atoms with Crippen molar-refractivity contribution in [2.75, 3.05) is 66.7 Å². The van der Waals surface area contributed by atoms with E-state index in [4.69, 9.17) is 20.8 Å². The Morgan fingerprint density at radius 2 is 1.71 bits per heavy atom. The number of unbranched alkanes of at least 4 members (excludes halogenated alkanes) is 1. The number of anilines is 4. The first-order valence-electron chi connectivity index (χ1n) is 23.6. The lowest BCUT2D eigenvalue weighted by atomic mass is 9.82. The summed E-state index contributed by atoms with van der Waals surface area (Å²) in [4.78, 5) is 80.1. The minimum atomic E-state index is -0.510. The molecule has 2 aromatic carbocycles. The number of pyridine rings is 2. The number of nitrogen functional groups attached to an aromatic ring is 1. The number of carbonyl (C=O) groups excluding carboxylic acids is 5. The molecule has 4 saturated heterocycles. The molecule has 5 amide bonds. The summed E-state index contributed by atoms with van der Waals surface area (Å²) in [6.45, 7) is 9.11. The molecule has 18 nitrogen and oxygen atoms in total. The van der Waals surface area contributed by atoms with E-state index in [1.54, 1.807) is 34.4 Å². The number of carbonyl (C=O) groups is 5. The molecule has 6 aromatic rings. The second-order valence-corrected chi connectivity index (χ2v) is 19.5. The normalized spacial score (nSPS) is 21.6. The fraction of sp³-hybridized carbons (Fsp3) is 0.420. The van der Waals surface area contributed by atoms with Gasteiger partial charge in [0, 0.05) is 99.4 Å². The van der Waals surface area contributed by atoms with Crippen molar-refractivity contribution in [1.82, 2.24) is 44.9 Å². The number of aryl methyl sites for hydroxylation is 2. The van der Waals surface area contributed by atoms with Crippen molar-refractivity contribution < 1.29 is 24.0 Å². The van der Waals surface area contributed by atoms with Gasteiger partial charge in [-0.15, -0.1) is 5.10 Å². The fourth-order valence-electron chi connectivity index (χ4n) is 10.7. The zero-order valence-electron chi connectivity index (χ0n) is 38.8. The molecule has 5 N–H and O–H groups in total. The highest BCUT2D eigenvalue weighted by molar-refractivity contribution is 6.03. The Balaban J connectivity index is 0.698. The minimum absolute atomic E-state index is 0.0546. The Hall–Kier alpha value is -7.37. The lowest BCUT2D eigenvalue weighted by Crippen LogP contribution is -2.39. The molecule has 10 rings (SSSR count). The number of nitrogens with one attached hydrogen (secondary N) is 3. The van der Waals surface area contributed by atoms with Gasteiger partial charge in [0.25, 0.3) is 11.8 Å². The summed E-state index contributed by atoms with van der Waals surface area (Å²) in [6.07, 6.45) is 6.79. The van der Waals surface area contributed by atoms with Gasteiger partial charge in [0.15, 0.2) is 5.65 Å². The Morgan fingerprint density at radius 3 is 2.53 bits per heavy atom. The third kappa shape index (κ3) is 8.70. The predicted octanol–water partition coefficient (Wildman–Crippen LogP) is 4.87. The van der Waals surface area contributed by atoms with Crippen LogP contribution in [-0.2, 0) is 26.8 Å². The number of hydrogen-bond acceptors (Lipinski definition) is 12. The number of imide groups is 1. The van der Waals surface area contributed by atoms with E-state index < -0.39 is 5.92 Å². The Bertz CT molecular complexity index is 2990. The molecular formula is C50H57N13O5. The van der Waals surface area contributed by atoms with Gasteiger partial charge in [0.2, 0.25) is 23.5 Å². The number of fused-ring (bicyclic) bond motifs is 2. The van der Waals surface area contributed by atoms with Crippen LogP contribution in [0.3, 0.4) is 0 Å². The van der Waals surface area contributed by atoms with Crippen LogP contribution in [0.15, 0.2) is 72.9 Å². The van der Waals surface area contributed by atoms with Gasteiger partial charge in [-0.25, -0.2) is 14.5 Å². The van der Waals surface area contributed by atoms with Gasteiger partial charge in [0.05, 0.1) is 29.0 Å². The molecule has 3 atom stereocenters. The van der Waals surface area contributed by atoms with E-state index in [1.807, 2.05) is 30.2 Å². The Labute approximate surface area is 393 Å².